The predicted molar refractivity (Wildman–Crippen MR) is 82.7 cm³/mol. The van der Waals surface area contributed by atoms with Crippen LogP contribution < -0.4 is 5.32 Å². The molecule has 4 nitrogen and oxygen atoms in total. The molecule has 0 radical (unpaired) electrons. The van der Waals surface area contributed by atoms with Crippen molar-refractivity contribution >= 4 is 5.69 Å². The highest BCUT2D eigenvalue weighted by Gasteiger charge is 2.18. The Morgan fingerprint density at radius 3 is 2.60 bits per heavy atom. The molecule has 1 aromatic carbocycles. The van der Waals surface area contributed by atoms with E-state index in [4.69, 9.17) is 0 Å². The maximum Gasteiger partial charge on any atom is 0.273 e. The molecule has 20 heavy (non-hydrogen) atoms. The van der Waals surface area contributed by atoms with Gasteiger partial charge in [-0.1, -0.05) is 58.2 Å². The average Bonchev–Trinajstić information content (AvgIpc) is 2.39. The summed E-state index contributed by atoms with van der Waals surface area (Å²) in [5.74, 6) is 0. The normalized spacial score (nSPS) is 11.6. The molecule has 112 valence electrons. The van der Waals surface area contributed by atoms with Crippen LogP contribution in [0.25, 0.3) is 0 Å². The minimum atomic E-state index is -0.316. The van der Waals surface area contributed by atoms with Crippen molar-refractivity contribution in [2.45, 2.75) is 53.0 Å². The van der Waals surface area contributed by atoms with E-state index in [9.17, 15) is 10.1 Å². The fourth-order valence-corrected chi connectivity index (χ4v) is 2.32. The highest BCUT2D eigenvalue weighted by atomic mass is 16.6. The summed E-state index contributed by atoms with van der Waals surface area (Å²) >= 11 is 0. The van der Waals surface area contributed by atoms with Gasteiger partial charge in [-0.15, -0.1) is 0 Å². The monoisotopic (exact) mass is 278 g/mol. The first kappa shape index (κ1) is 16.6. The molecule has 0 fully saturated rings. The predicted octanol–water partition coefficient (Wildman–Crippen LogP) is 4.29. The van der Waals surface area contributed by atoms with Gasteiger partial charge < -0.3 is 5.32 Å². The van der Waals surface area contributed by atoms with Crippen LogP contribution in [0.1, 0.15) is 52.0 Å². The molecule has 0 saturated carbocycles. The second-order valence-electron chi connectivity index (χ2n) is 6.11. The Morgan fingerprint density at radius 1 is 1.25 bits per heavy atom. The van der Waals surface area contributed by atoms with Gasteiger partial charge in [-0.2, -0.15) is 0 Å². The van der Waals surface area contributed by atoms with Crippen LogP contribution in [0.3, 0.4) is 0 Å². The van der Waals surface area contributed by atoms with E-state index in [1.54, 1.807) is 12.1 Å². The van der Waals surface area contributed by atoms with Gasteiger partial charge in [-0.3, -0.25) is 10.1 Å². The van der Waals surface area contributed by atoms with Gasteiger partial charge in [0.1, 0.15) is 0 Å². The first-order valence-electron chi connectivity index (χ1n) is 7.39. The molecule has 1 N–H and O–H groups in total. The van der Waals surface area contributed by atoms with Crippen molar-refractivity contribution in [2.75, 3.05) is 6.54 Å². The topological polar surface area (TPSA) is 55.2 Å². The van der Waals surface area contributed by atoms with Crippen molar-refractivity contribution in [2.24, 2.45) is 5.41 Å². The Kier molecular flexibility index (Phi) is 6.65. The number of para-hydroxylation sites is 1. The van der Waals surface area contributed by atoms with Crippen molar-refractivity contribution in [1.82, 2.24) is 5.32 Å². The fourth-order valence-electron chi connectivity index (χ4n) is 2.32. The Morgan fingerprint density at radius 2 is 1.95 bits per heavy atom. The van der Waals surface area contributed by atoms with Crippen LogP contribution in [0.2, 0.25) is 0 Å². The lowest BCUT2D eigenvalue weighted by Gasteiger charge is -2.25. The number of benzene rings is 1. The smallest absolute Gasteiger partial charge is 0.273 e. The molecule has 0 unspecified atom stereocenters. The molecule has 0 amide bonds. The molecular weight excluding hydrogens is 252 g/mol. The van der Waals surface area contributed by atoms with E-state index >= 15 is 0 Å². The average molecular weight is 278 g/mol. The molecule has 0 spiro atoms. The fraction of sp³-hybridized carbons (Fsp3) is 0.625. The van der Waals surface area contributed by atoms with Crippen LogP contribution in [-0.4, -0.2) is 11.5 Å². The molecule has 0 aliphatic heterocycles. The zero-order valence-corrected chi connectivity index (χ0v) is 12.8. The second kappa shape index (κ2) is 8.00. The van der Waals surface area contributed by atoms with Gasteiger partial charge in [0, 0.05) is 24.7 Å². The third-order valence-corrected chi connectivity index (χ3v) is 3.56. The molecule has 1 rings (SSSR count). The number of nitrogens with zero attached hydrogens (tertiary/aromatic N) is 1. The van der Waals surface area contributed by atoms with Crippen LogP contribution >= 0.6 is 0 Å². The van der Waals surface area contributed by atoms with Crippen LogP contribution in [0.5, 0.6) is 0 Å². The molecule has 0 aliphatic carbocycles. The van der Waals surface area contributed by atoms with E-state index in [0.29, 0.717) is 6.54 Å². The van der Waals surface area contributed by atoms with E-state index in [1.807, 2.05) is 12.1 Å². The van der Waals surface area contributed by atoms with Gasteiger partial charge in [-0.05, 0) is 11.8 Å². The minimum Gasteiger partial charge on any atom is -0.312 e. The van der Waals surface area contributed by atoms with Gasteiger partial charge in [-0.25, -0.2) is 0 Å². The largest absolute Gasteiger partial charge is 0.312 e. The minimum absolute atomic E-state index is 0.198. The second-order valence-corrected chi connectivity index (χ2v) is 6.11. The first-order chi connectivity index (χ1) is 9.46. The van der Waals surface area contributed by atoms with Crippen LogP contribution in [-0.2, 0) is 6.54 Å². The third kappa shape index (κ3) is 5.70. The number of rotatable bonds is 9. The molecule has 1 aromatic rings. The highest BCUT2D eigenvalue weighted by Crippen LogP contribution is 2.23. The van der Waals surface area contributed by atoms with E-state index in [-0.39, 0.29) is 16.0 Å². The summed E-state index contributed by atoms with van der Waals surface area (Å²) in [4.78, 5) is 10.6. The Labute approximate surface area is 121 Å². The first-order valence-corrected chi connectivity index (χ1v) is 7.39. The summed E-state index contributed by atoms with van der Waals surface area (Å²) < 4.78 is 0. The number of hydrogen-bond acceptors (Lipinski definition) is 3. The maximum absolute atomic E-state index is 10.9. The Balaban J connectivity index is 2.46. The van der Waals surface area contributed by atoms with Gasteiger partial charge in [0.05, 0.1) is 4.92 Å². The van der Waals surface area contributed by atoms with Crippen LogP contribution in [0.4, 0.5) is 5.69 Å². The zero-order chi connectivity index (χ0) is 15.0. The lowest BCUT2D eigenvalue weighted by atomic mass is 9.87. The van der Waals surface area contributed by atoms with E-state index < -0.39 is 0 Å². The van der Waals surface area contributed by atoms with Gasteiger partial charge in [0.15, 0.2) is 0 Å². The van der Waals surface area contributed by atoms with Crippen LogP contribution in [0, 0.1) is 15.5 Å². The molecule has 0 aliphatic rings. The molecular formula is C16H26N2O2. The molecule has 0 bridgehead atoms. The summed E-state index contributed by atoms with van der Waals surface area (Å²) in [6.45, 7) is 8.13. The summed E-state index contributed by atoms with van der Waals surface area (Å²) in [5, 5.41) is 14.3. The molecule has 0 saturated heterocycles. The van der Waals surface area contributed by atoms with Crippen molar-refractivity contribution in [3.05, 3.63) is 39.9 Å². The Bertz CT molecular complexity index is 430. The molecule has 4 heteroatoms. The summed E-state index contributed by atoms with van der Waals surface area (Å²) in [5.41, 5.74) is 1.18. The molecule has 0 heterocycles. The van der Waals surface area contributed by atoms with Crippen molar-refractivity contribution < 1.29 is 4.92 Å². The Hall–Kier alpha value is -1.42. The summed E-state index contributed by atoms with van der Waals surface area (Å²) in [7, 11) is 0. The van der Waals surface area contributed by atoms with Crippen molar-refractivity contribution in [3.8, 4) is 0 Å². The van der Waals surface area contributed by atoms with Gasteiger partial charge >= 0.3 is 0 Å². The van der Waals surface area contributed by atoms with Gasteiger partial charge in [0.2, 0.25) is 0 Å². The van der Waals surface area contributed by atoms with Crippen LogP contribution in [0.15, 0.2) is 24.3 Å². The van der Waals surface area contributed by atoms with Gasteiger partial charge in [0.25, 0.3) is 5.69 Å². The third-order valence-electron chi connectivity index (χ3n) is 3.56. The summed E-state index contributed by atoms with van der Waals surface area (Å²) in [6.07, 6.45) is 4.94. The standard InChI is InChI=1S/C16H26N2O2/c1-4-5-8-11-16(2,3)13-17-12-14-9-6-7-10-15(14)18(19)20/h6-7,9-10,17H,4-5,8,11-13H2,1-3H3. The number of nitro benzene ring substituents is 1. The highest BCUT2D eigenvalue weighted by molar-refractivity contribution is 5.39. The maximum atomic E-state index is 10.9. The number of nitrogens with one attached hydrogen (secondary N) is 1. The van der Waals surface area contributed by atoms with E-state index in [2.05, 4.69) is 26.1 Å². The van der Waals surface area contributed by atoms with Crippen molar-refractivity contribution in [3.63, 3.8) is 0 Å². The molecule has 0 aromatic heterocycles. The SMILES string of the molecule is CCCCCC(C)(C)CNCc1ccccc1[N+](=O)[O-]. The summed E-state index contributed by atoms with van der Waals surface area (Å²) in [6, 6.07) is 6.92. The lowest BCUT2D eigenvalue weighted by Crippen LogP contribution is -2.29. The number of unbranched alkanes of at least 4 members (excludes halogenated alkanes) is 2. The van der Waals surface area contributed by atoms with E-state index in [0.717, 1.165) is 12.1 Å². The van der Waals surface area contributed by atoms with Crippen molar-refractivity contribution in [1.29, 1.82) is 0 Å². The molecule has 0 atom stereocenters. The zero-order valence-electron chi connectivity index (χ0n) is 12.8. The van der Waals surface area contributed by atoms with E-state index in [1.165, 1.54) is 25.7 Å². The quantitative estimate of drug-likeness (QED) is 0.416. The number of nitro groups is 1. The number of hydrogen-bond donors (Lipinski definition) is 1. The lowest BCUT2D eigenvalue weighted by molar-refractivity contribution is -0.385.